The predicted octanol–water partition coefficient (Wildman–Crippen LogP) is 5.49. The summed E-state index contributed by atoms with van der Waals surface area (Å²) in [4.78, 5) is 16.8. The monoisotopic (exact) mass is 433 g/mol. The molecule has 130 valence electrons. The average Bonchev–Trinajstić information content (AvgIpc) is 2.95. The van der Waals surface area contributed by atoms with Crippen molar-refractivity contribution in [2.45, 2.75) is 9.96 Å². The Hall–Kier alpha value is -1.24. The second kappa shape index (κ2) is 7.56. The van der Waals surface area contributed by atoms with Crippen molar-refractivity contribution in [2.75, 3.05) is 5.32 Å². The van der Waals surface area contributed by atoms with E-state index in [1.807, 2.05) is 6.07 Å². The zero-order valence-corrected chi connectivity index (χ0v) is 16.3. The highest BCUT2D eigenvalue weighted by Gasteiger charge is 2.35. The van der Waals surface area contributed by atoms with Gasteiger partial charge >= 0.3 is 0 Å². The van der Waals surface area contributed by atoms with Gasteiger partial charge in [-0.2, -0.15) is 0 Å². The van der Waals surface area contributed by atoms with Gasteiger partial charge in [0.25, 0.3) is 5.91 Å². The number of hydrogen-bond acceptors (Lipinski definition) is 4. The van der Waals surface area contributed by atoms with Crippen LogP contribution in [0.1, 0.15) is 10.4 Å². The smallest absolute Gasteiger partial charge is 0.252 e. The molecule has 1 heterocycles. The fraction of sp³-hybridized carbons (Fsp3) is 0.125. The summed E-state index contributed by atoms with van der Waals surface area (Å²) >= 11 is 25.4. The minimum atomic E-state index is -1.78. The van der Waals surface area contributed by atoms with Crippen LogP contribution in [0.15, 0.2) is 48.5 Å². The third-order valence-electron chi connectivity index (χ3n) is 3.26. The number of rotatable bonds is 4. The van der Waals surface area contributed by atoms with Crippen LogP contribution < -0.4 is 10.6 Å². The third kappa shape index (κ3) is 4.68. The number of hydrogen-bond donors (Lipinski definition) is 2. The molecule has 0 aliphatic rings. The first kappa shape index (κ1) is 18.5. The van der Waals surface area contributed by atoms with Gasteiger partial charge in [-0.05, 0) is 30.3 Å². The zero-order valence-electron chi connectivity index (χ0n) is 12.5. The lowest BCUT2D eigenvalue weighted by Crippen LogP contribution is -2.49. The van der Waals surface area contributed by atoms with Gasteiger partial charge in [0, 0.05) is 10.6 Å². The van der Waals surface area contributed by atoms with Crippen LogP contribution in [0.5, 0.6) is 0 Å². The van der Waals surface area contributed by atoms with Gasteiger partial charge in [-0.1, -0.05) is 75.9 Å². The molecule has 4 nitrogen and oxygen atoms in total. The standard InChI is InChI=1S/C16H11Cl4N3OS/c17-10-6-7-11-12(8-10)25-15(21-11)23-14(16(18,19)20)22-13(24)9-4-2-1-3-5-9/h1-8,14H,(H,21,23)(H,22,24)/t14-/m1/s1. The molecule has 0 unspecified atom stereocenters. The van der Waals surface area contributed by atoms with E-state index in [2.05, 4.69) is 15.6 Å². The van der Waals surface area contributed by atoms with E-state index >= 15 is 0 Å². The Morgan fingerprint density at radius 2 is 1.84 bits per heavy atom. The van der Waals surface area contributed by atoms with Crippen LogP contribution in [0.4, 0.5) is 5.13 Å². The van der Waals surface area contributed by atoms with Gasteiger partial charge < -0.3 is 10.6 Å². The highest BCUT2D eigenvalue weighted by molar-refractivity contribution is 7.22. The molecule has 1 atom stereocenters. The van der Waals surface area contributed by atoms with Crippen LogP contribution in [-0.4, -0.2) is 20.8 Å². The number of fused-ring (bicyclic) bond motifs is 1. The van der Waals surface area contributed by atoms with Crippen LogP contribution in [0.2, 0.25) is 5.02 Å². The van der Waals surface area contributed by atoms with Crippen LogP contribution >= 0.6 is 57.7 Å². The number of benzene rings is 2. The van der Waals surface area contributed by atoms with E-state index in [1.54, 1.807) is 42.5 Å². The van der Waals surface area contributed by atoms with Gasteiger partial charge in [0.05, 0.1) is 10.2 Å². The largest absolute Gasteiger partial charge is 0.338 e. The molecule has 0 aliphatic carbocycles. The molecule has 1 amide bonds. The van der Waals surface area contributed by atoms with Crippen molar-refractivity contribution in [1.82, 2.24) is 10.3 Å². The number of thiazole rings is 1. The number of carbonyl (C=O) groups is 1. The maximum Gasteiger partial charge on any atom is 0.252 e. The predicted molar refractivity (Wildman–Crippen MR) is 106 cm³/mol. The van der Waals surface area contributed by atoms with Crippen molar-refractivity contribution in [1.29, 1.82) is 0 Å². The van der Waals surface area contributed by atoms with E-state index in [-0.39, 0.29) is 5.91 Å². The quantitative estimate of drug-likeness (QED) is 0.421. The van der Waals surface area contributed by atoms with Gasteiger partial charge in [-0.15, -0.1) is 0 Å². The molecule has 3 rings (SSSR count). The second-order valence-electron chi connectivity index (χ2n) is 5.09. The Labute approximate surface area is 168 Å². The summed E-state index contributed by atoms with van der Waals surface area (Å²) in [5, 5.41) is 6.75. The molecule has 0 spiro atoms. The Bertz CT molecular complexity index is 895. The number of alkyl halides is 3. The molecule has 0 radical (unpaired) electrons. The summed E-state index contributed by atoms with van der Waals surface area (Å²) in [5.74, 6) is -0.367. The van der Waals surface area contributed by atoms with Crippen LogP contribution in [0.25, 0.3) is 10.2 Å². The van der Waals surface area contributed by atoms with E-state index in [0.717, 1.165) is 10.2 Å². The summed E-state index contributed by atoms with van der Waals surface area (Å²) in [7, 11) is 0. The molecule has 2 aromatic carbocycles. The molecule has 0 bridgehead atoms. The lowest BCUT2D eigenvalue weighted by atomic mass is 10.2. The van der Waals surface area contributed by atoms with Gasteiger partial charge in [-0.3, -0.25) is 4.79 Å². The van der Waals surface area contributed by atoms with E-state index in [9.17, 15) is 4.79 Å². The molecule has 3 aromatic rings. The fourth-order valence-electron chi connectivity index (χ4n) is 2.09. The van der Waals surface area contributed by atoms with Crippen LogP contribution in [0, 0.1) is 0 Å². The summed E-state index contributed by atoms with van der Waals surface area (Å²) in [6.07, 6.45) is -0.971. The molecule has 0 aliphatic heterocycles. The first-order chi connectivity index (χ1) is 11.8. The summed E-state index contributed by atoms with van der Waals surface area (Å²) in [6.45, 7) is 0. The number of nitrogens with one attached hydrogen (secondary N) is 2. The number of nitrogens with zero attached hydrogens (tertiary/aromatic N) is 1. The Balaban J connectivity index is 1.82. The summed E-state index contributed by atoms with van der Waals surface area (Å²) in [5.41, 5.74) is 1.22. The second-order valence-corrected chi connectivity index (χ2v) is 8.93. The molecule has 0 saturated carbocycles. The number of amides is 1. The molecule has 0 saturated heterocycles. The summed E-state index contributed by atoms with van der Waals surface area (Å²) < 4.78 is -0.896. The normalized spacial score (nSPS) is 12.8. The Morgan fingerprint density at radius 3 is 2.52 bits per heavy atom. The fourth-order valence-corrected chi connectivity index (χ4v) is 3.58. The molecule has 9 heteroatoms. The first-order valence-corrected chi connectivity index (χ1v) is 9.41. The van der Waals surface area contributed by atoms with Gasteiger partial charge in [0.15, 0.2) is 5.13 Å². The molecule has 25 heavy (non-hydrogen) atoms. The SMILES string of the molecule is O=C(N[C@H](Nc1nc2ccc(Cl)cc2s1)C(Cl)(Cl)Cl)c1ccccc1. The Morgan fingerprint density at radius 1 is 1.12 bits per heavy atom. The topological polar surface area (TPSA) is 54.0 Å². The number of anilines is 1. The molecule has 1 aromatic heterocycles. The first-order valence-electron chi connectivity index (χ1n) is 7.08. The van der Waals surface area contributed by atoms with Gasteiger partial charge in [0.2, 0.25) is 3.79 Å². The van der Waals surface area contributed by atoms with Gasteiger partial charge in [-0.25, -0.2) is 4.98 Å². The number of carbonyl (C=O) groups excluding carboxylic acids is 1. The van der Waals surface area contributed by atoms with E-state index in [0.29, 0.717) is 15.7 Å². The van der Waals surface area contributed by atoms with Crippen molar-refractivity contribution < 1.29 is 4.79 Å². The highest BCUT2D eigenvalue weighted by atomic mass is 35.6. The Kier molecular flexibility index (Phi) is 5.61. The van der Waals surface area contributed by atoms with Crippen molar-refractivity contribution in [2.24, 2.45) is 0 Å². The van der Waals surface area contributed by atoms with Crippen LogP contribution in [0.3, 0.4) is 0 Å². The van der Waals surface area contributed by atoms with Crippen molar-refractivity contribution in [3.8, 4) is 0 Å². The van der Waals surface area contributed by atoms with E-state index in [4.69, 9.17) is 46.4 Å². The molecule has 0 fully saturated rings. The molecule has 2 N–H and O–H groups in total. The van der Waals surface area contributed by atoms with Crippen molar-refractivity contribution in [3.63, 3.8) is 0 Å². The van der Waals surface area contributed by atoms with Crippen molar-refractivity contribution >= 4 is 79.0 Å². The minimum Gasteiger partial charge on any atom is -0.338 e. The zero-order chi connectivity index (χ0) is 18.0. The van der Waals surface area contributed by atoms with Gasteiger partial charge in [0.1, 0.15) is 6.17 Å². The van der Waals surface area contributed by atoms with Crippen LogP contribution in [-0.2, 0) is 0 Å². The average molecular weight is 435 g/mol. The van der Waals surface area contributed by atoms with E-state index < -0.39 is 9.96 Å². The number of aromatic nitrogens is 1. The molecular formula is C16H11Cl4N3OS. The number of halogens is 4. The lowest BCUT2D eigenvalue weighted by molar-refractivity contribution is 0.0942. The highest BCUT2D eigenvalue weighted by Crippen LogP contribution is 2.34. The lowest BCUT2D eigenvalue weighted by Gasteiger charge is -2.26. The van der Waals surface area contributed by atoms with Crippen molar-refractivity contribution in [3.05, 3.63) is 59.1 Å². The summed E-state index contributed by atoms with van der Waals surface area (Å²) in [6, 6.07) is 14.0. The third-order valence-corrected chi connectivity index (χ3v) is 5.10. The maximum absolute atomic E-state index is 12.3. The maximum atomic E-state index is 12.3. The molecular weight excluding hydrogens is 424 g/mol. The minimum absolute atomic E-state index is 0.367. The van der Waals surface area contributed by atoms with E-state index in [1.165, 1.54) is 11.3 Å².